The van der Waals surface area contributed by atoms with Crippen LogP contribution in [0.25, 0.3) is 0 Å². The number of likely N-dealkylation sites (tertiary alicyclic amines) is 1. The van der Waals surface area contributed by atoms with E-state index < -0.39 is 12.0 Å². The number of hydrogen-bond donors (Lipinski definition) is 1. The highest BCUT2D eigenvalue weighted by Gasteiger charge is 2.42. The van der Waals surface area contributed by atoms with Crippen LogP contribution in [0.5, 0.6) is 0 Å². The van der Waals surface area contributed by atoms with Gasteiger partial charge in [0.2, 0.25) is 17.7 Å². The third-order valence-corrected chi connectivity index (χ3v) is 5.79. The summed E-state index contributed by atoms with van der Waals surface area (Å²) in [6.07, 6.45) is 3.06. The predicted octanol–water partition coefficient (Wildman–Crippen LogP) is 2.59. The zero-order valence-electron chi connectivity index (χ0n) is 15.8. The third kappa shape index (κ3) is 4.00. The van der Waals surface area contributed by atoms with Gasteiger partial charge < -0.3 is 19.5 Å². The largest absolute Gasteiger partial charge is 0.467 e. The molecule has 2 fully saturated rings. The van der Waals surface area contributed by atoms with Crippen molar-refractivity contribution in [2.24, 2.45) is 5.92 Å². The SMILES string of the molecule is O=C(NCc1ccco1)C1CCCN1C(=O)C1CC(=O)N(c2ccccc2Cl)C1. The summed E-state index contributed by atoms with van der Waals surface area (Å²) in [6, 6.07) is 10.1. The quantitative estimate of drug-likeness (QED) is 0.813. The topological polar surface area (TPSA) is 82.9 Å². The fourth-order valence-electron chi connectivity index (χ4n) is 4.02. The van der Waals surface area contributed by atoms with Crippen LogP contribution >= 0.6 is 11.6 Å². The summed E-state index contributed by atoms with van der Waals surface area (Å²) in [4.78, 5) is 41.4. The molecule has 3 amide bonds. The van der Waals surface area contributed by atoms with Crippen molar-refractivity contribution in [1.82, 2.24) is 10.2 Å². The Labute approximate surface area is 173 Å². The molecule has 2 aliphatic heterocycles. The lowest BCUT2D eigenvalue weighted by Gasteiger charge is -2.26. The van der Waals surface area contributed by atoms with Crippen LogP contribution in [0.1, 0.15) is 25.0 Å². The molecule has 3 heterocycles. The summed E-state index contributed by atoms with van der Waals surface area (Å²) >= 11 is 6.22. The molecule has 0 radical (unpaired) electrons. The minimum atomic E-state index is -0.512. The summed E-state index contributed by atoms with van der Waals surface area (Å²) < 4.78 is 5.23. The Morgan fingerprint density at radius 3 is 2.79 bits per heavy atom. The molecule has 2 atom stereocenters. The lowest BCUT2D eigenvalue weighted by molar-refractivity contribution is -0.141. The van der Waals surface area contributed by atoms with Crippen LogP contribution in [0.4, 0.5) is 5.69 Å². The second-order valence-corrected chi connectivity index (χ2v) is 7.75. The van der Waals surface area contributed by atoms with Gasteiger partial charge in [-0.2, -0.15) is 0 Å². The standard InChI is InChI=1S/C21H22ClN3O4/c22-16-6-1-2-7-17(16)25-13-14(11-19(25)26)21(28)24-9-3-8-18(24)20(27)23-12-15-5-4-10-29-15/h1-2,4-7,10,14,18H,3,8-9,11-13H2,(H,23,27). The lowest BCUT2D eigenvalue weighted by atomic mass is 10.1. The number of anilines is 1. The first-order valence-corrected chi connectivity index (χ1v) is 10.1. The predicted molar refractivity (Wildman–Crippen MR) is 107 cm³/mol. The summed E-state index contributed by atoms with van der Waals surface area (Å²) in [5.74, 6) is -0.291. The molecule has 4 rings (SSSR count). The van der Waals surface area contributed by atoms with Gasteiger partial charge in [0.1, 0.15) is 11.8 Å². The van der Waals surface area contributed by atoms with Crippen molar-refractivity contribution in [2.75, 3.05) is 18.0 Å². The van der Waals surface area contributed by atoms with Crippen molar-refractivity contribution in [3.05, 3.63) is 53.4 Å². The molecule has 0 saturated carbocycles. The van der Waals surface area contributed by atoms with E-state index in [2.05, 4.69) is 5.32 Å². The van der Waals surface area contributed by atoms with Gasteiger partial charge in [-0.15, -0.1) is 0 Å². The molecule has 8 heteroatoms. The number of halogens is 1. The number of furan rings is 1. The summed E-state index contributed by atoms with van der Waals surface area (Å²) in [7, 11) is 0. The van der Waals surface area contributed by atoms with Gasteiger partial charge in [-0.1, -0.05) is 23.7 Å². The Hall–Kier alpha value is -2.80. The zero-order valence-corrected chi connectivity index (χ0v) is 16.6. The van der Waals surface area contributed by atoms with Gasteiger partial charge in [0.15, 0.2) is 0 Å². The van der Waals surface area contributed by atoms with E-state index in [1.54, 1.807) is 46.4 Å². The van der Waals surface area contributed by atoms with Crippen LogP contribution in [0, 0.1) is 5.92 Å². The Bertz CT molecular complexity index is 914. The maximum Gasteiger partial charge on any atom is 0.243 e. The first-order valence-electron chi connectivity index (χ1n) is 9.70. The van der Waals surface area contributed by atoms with Gasteiger partial charge in [0.05, 0.1) is 29.4 Å². The molecule has 1 aromatic carbocycles. The maximum atomic E-state index is 13.1. The molecular weight excluding hydrogens is 394 g/mol. The molecular formula is C21H22ClN3O4. The monoisotopic (exact) mass is 415 g/mol. The van der Waals surface area contributed by atoms with Crippen molar-refractivity contribution in [3.63, 3.8) is 0 Å². The average molecular weight is 416 g/mol. The van der Waals surface area contributed by atoms with Crippen LogP contribution in [0.2, 0.25) is 5.02 Å². The van der Waals surface area contributed by atoms with Crippen molar-refractivity contribution in [2.45, 2.75) is 31.8 Å². The van der Waals surface area contributed by atoms with Gasteiger partial charge >= 0.3 is 0 Å². The van der Waals surface area contributed by atoms with E-state index in [1.165, 1.54) is 0 Å². The van der Waals surface area contributed by atoms with Gasteiger partial charge in [0, 0.05) is 19.5 Å². The highest BCUT2D eigenvalue weighted by atomic mass is 35.5. The number of para-hydroxylation sites is 1. The normalized spacial score (nSPS) is 21.6. The molecule has 7 nitrogen and oxygen atoms in total. The number of amides is 3. The summed E-state index contributed by atoms with van der Waals surface area (Å²) in [5, 5.41) is 3.31. The van der Waals surface area contributed by atoms with E-state index in [4.69, 9.17) is 16.0 Å². The van der Waals surface area contributed by atoms with Crippen molar-refractivity contribution < 1.29 is 18.8 Å². The van der Waals surface area contributed by atoms with Gasteiger partial charge in [0.25, 0.3) is 0 Å². The van der Waals surface area contributed by atoms with Crippen molar-refractivity contribution >= 4 is 35.0 Å². The van der Waals surface area contributed by atoms with Crippen LogP contribution in [-0.4, -0.2) is 41.8 Å². The highest BCUT2D eigenvalue weighted by molar-refractivity contribution is 6.33. The molecule has 152 valence electrons. The second-order valence-electron chi connectivity index (χ2n) is 7.34. The maximum absolute atomic E-state index is 13.1. The molecule has 0 spiro atoms. The molecule has 1 N–H and O–H groups in total. The zero-order chi connectivity index (χ0) is 20.4. The van der Waals surface area contributed by atoms with E-state index in [9.17, 15) is 14.4 Å². The van der Waals surface area contributed by atoms with Crippen LogP contribution in [-0.2, 0) is 20.9 Å². The fourth-order valence-corrected chi connectivity index (χ4v) is 4.26. The number of nitrogens with zero attached hydrogens (tertiary/aromatic N) is 2. The number of carbonyl (C=O) groups excluding carboxylic acids is 3. The molecule has 0 bridgehead atoms. The van der Waals surface area contributed by atoms with Crippen LogP contribution in [0.3, 0.4) is 0 Å². The van der Waals surface area contributed by atoms with Crippen molar-refractivity contribution in [1.29, 1.82) is 0 Å². The van der Waals surface area contributed by atoms with E-state index in [0.29, 0.717) is 29.4 Å². The van der Waals surface area contributed by atoms with Crippen molar-refractivity contribution in [3.8, 4) is 0 Å². The number of nitrogens with one attached hydrogen (secondary N) is 1. The Morgan fingerprint density at radius 1 is 1.21 bits per heavy atom. The Morgan fingerprint density at radius 2 is 2.03 bits per heavy atom. The fraction of sp³-hybridized carbons (Fsp3) is 0.381. The van der Waals surface area contributed by atoms with E-state index in [1.807, 2.05) is 6.07 Å². The first kappa shape index (κ1) is 19.5. The minimum Gasteiger partial charge on any atom is -0.467 e. The van der Waals surface area contributed by atoms with Gasteiger partial charge in [-0.25, -0.2) is 0 Å². The van der Waals surface area contributed by atoms with E-state index in [-0.39, 0.29) is 37.2 Å². The van der Waals surface area contributed by atoms with E-state index >= 15 is 0 Å². The summed E-state index contributed by atoms with van der Waals surface area (Å²) in [5.41, 5.74) is 0.614. The number of hydrogen-bond acceptors (Lipinski definition) is 4. The van der Waals surface area contributed by atoms with Gasteiger partial charge in [-0.3, -0.25) is 14.4 Å². The highest BCUT2D eigenvalue weighted by Crippen LogP contribution is 2.32. The molecule has 2 aromatic rings. The molecule has 2 saturated heterocycles. The lowest BCUT2D eigenvalue weighted by Crippen LogP contribution is -2.48. The molecule has 29 heavy (non-hydrogen) atoms. The number of benzene rings is 1. The van der Waals surface area contributed by atoms with Gasteiger partial charge in [-0.05, 0) is 37.1 Å². The molecule has 0 aliphatic carbocycles. The molecule has 2 aliphatic rings. The minimum absolute atomic E-state index is 0.126. The molecule has 1 aromatic heterocycles. The Kier molecular flexibility index (Phi) is 5.58. The Balaban J connectivity index is 1.41. The second kappa shape index (κ2) is 8.29. The molecule has 2 unspecified atom stereocenters. The number of rotatable bonds is 5. The first-order chi connectivity index (χ1) is 14.0. The van der Waals surface area contributed by atoms with Crippen LogP contribution in [0.15, 0.2) is 47.1 Å². The number of carbonyl (C=O) groups is 3. The smallest absolute Gasteiger partial charge is 0.243 e. The average Bonchev–Trinajstić information content (AvgIpc) is 3.47. The third-order valence-electron chi connectivity index (χ3n) is 5.47. The summed E-state index contributed by atoms with van der Waals surface area (Å²) in [6.45, 7) is 1.08. The van der Waals surface area contributed by atoms with E-state index in [0.717, 1.165) is 6.42 Å². The van der Waals surface area contributed by atoms with Crippen LogP contribution < -0.4 is 10.2 Å².